The molecule has 1 N–H and O–H groups in total. The van der Waals surface area contributed by atoms with Crippen molar-refractivity contribution in [1.82, 2.24) is 5.43 Å². The van der Waals surface area contributed by atoms with Crippen LogP contribution in [0.15, 0.2) is 58.3 Å². The van der Waals surface area contributed by atoms with E-state index in [-0.39, 0.29) is 12.5 Å². The van der Waals surface area contributed by atoms with Crippen molar-refractivity contribution >= 4 is 18.2 Å². The summed E-state index contributed by atoms with van der Waals surface area (Å²) >= 11 is 0. The van der Waals surface area contributed by atoms with Gasteiger partial charge in [0.1, 0.15) is 11.5 Å². The minimum atomic E-state index is -0.316. The average Bonchev–Trinajstić information content (AvgIpc) is 3.13. The van der Waals surface area contributed by atoms with E-state index in [0.717, 1.165) is 12.2 Å². The summed E-state index contributed by atoms with van der Waals surface area (Å²) in [5.41, 5.74) is 3.66. The Hall–Kier alpha value is -2.82. The zero-order chi connectivity index (χ0) is 17.2. The van der Waals surface area contributed by atoms with Gasteiger partial charge in [-0.15, -0.1) is 0 Å². The Morgan fingerprint density at radius 2 is 2.12 bits per heavy atom. The minimum absolute atomic E-state index is 0.0814. The van der Waals surface area contributed by atoms with Gasteiger partial charge >= 0.3 is 0 Å². The Balaban J connectivity index is 1.71. The largest absolute Gasteiger partial charge is 0.484 e. The number of nitrogens with one attached hydrogen (secondary N) is 1. The first-order valence-electron chi connectivity index (χ1n) is 7.94. The molecular formula is C19H22N2O3. The predicted molar refractivity (Wildman–Crippen MR) is 95.0 cm³/mol. The lowest BCUT2D eigenvalue weighted by molar-refractivity contribution is -0.123. The predicted octanol–water partition coefficient (Wildman–Crippen LogP) is 3.99. The van der Waals surface area contributed by atoms with Gasteiger partial charge in [0.15, 0.2) is 6.61 Å². The molecule has 5 heteroatoms. The van der Waals surface area contributed by atoms with E-state index in [4.69, 9.17) is 9.15 Å². The maximum Gasteiger partial charge on any atom is 0.277 e. The summed E-state index contributed by atoms with van der Waals surface area (Å²) in [5.74, 6) is 1.59. The van der Waals surface area contributed by atoms with Gasteiger partial charge in [0, 0.05) is 6.21 Å². The van der Waals surface area contributed by atoms with Crippen LogP contribution in [0.25, 0.3) is 6.08 Å². The molecule has 24 heavy (non-hydrogen) atoms. The van der Waals surface area contributed by atoms with E-state index in [2.05, 4.69) is 24.4 Å². The van der Waals surface area contributed by atoms with E-state index in [9.17, 15) is 4.79 Å². The lowest BCUT2D eigenvalue weighted by atomic mass is 9.99. The second-order valence-corrected chi connectivity index (χ2v) is 5.35. The summed E-state index contributed by atoms with van der Waals surface area (Å²) in [6, 6.07) is 11.4. The fourth-order valence-electron chi connectivity index (χ4n) is 1.99. The van der Waals surface area contributed by atoms with Gasteiger partial charge in [-0.25, -0.2) is 5.43 Å². The summed E-state index contributed by atoms with van der Waals surface area (Å²) < 4.78 is 10.6. The standard InChI is InChI=1S/C19H22N2O3/c1-3-15(2)16-8-10-18(11-9-16)24-14-19(22)21-20-12-4-6-17-7-5-13-23-17/h4-13,15H,3,14H2,1-2H3,(H,21,22)/b6-4+,20-12-/t15-/m0/s1. The van der Waals surface area contributed by atoms with Crippen molar-refractivity contribution in [3.05, 3.63) is 60.1 Å². The van der Waals surface area contributed by atoms with Gasteiger partial charge in [-0.1, -0.05) is 26.0 Å². The quantitative estimate of drug-likeness (QED) is 0.589. The van der Waals surface area contributed by atoms with Crippen molar-refractivity contribution in [2.45, 2.75) is 26.2 Å². The number of furan rings is 1. The Bertz CT molecular complexity index is 673. The number of carbonyl (C=O) groups excluding carboxylic acids is 1. The molecule has 0 saturated carbocycles. The number of nitrogens with zero attached hydrogens (tertiary/aromatic N) is 1. The van der Waals surface area contributed by atoms with Gasteiger partial charge in [0.25, 0.3) is 5.91 Å². The van der Waals surface area contributed by atoms with E-state index >= 15 is 0 Å². The lowest BCUT2D eigenvalue weighted by Gasteiger charge is -2.10. The van der Waals surface area contributed by atoms with Gasteiger partial charge < -0.3 is 9.15 Å². The number of amides is 1. The lowest BCUT2D eigenvalue weighted by Crippen LogP contribution is -2.24. The Labute approximate surface area is 142 Å². The maximum absolute atomic E-state index is 11.6. The molecule has 0 aliphatic heterocycles. The average molecular weight is 326 g/mol. The van der Waals surface area contributed by atoms with Crippen LogP contribution in [0.4, 0.5) is 0 Å². The van der Waals surface area contributed by atoms with Crippen LogP contribution in [0, 0.1) is 0 Å². The molecule has 1 atom stereocenters. The summed E-state index contributed by atoms with van der Waals surface area (Å²) in [6.45, 7) is 4.26. The zero-order valence-corrected chi connectivity index (χ0v) is 13.9. The molecule has 1 amide bonds. The van der Waals surface area contributed by atoms with Gasteiger partial charge in [-0.3, -0.25) is 4.79 Å². The van der Waals surface area contributed by atoms with Crippen molar-refractivity contribution in [3.8, 4) is 5.75 Å². The number of carbonyl (C=O) groups is 1. The Kier molecular flexibility index (Phi) is 6.83. The van der Waals surface area contributed by atoms with Crippen LogP contribution in [0.3, 0.4) is 0 Å². The van der Waals surface area contributed by atoms with Crippen LogP contribution in [-0.4, -0.2) is 18.7 Å². The number of benzene rings is 1. The second kappa shape index (κ2) is 9.35. The highest BCUT2D eigenvalue weighted by Gasteiger charge is 2.04. The molecule has 5 nitrogen and oxygen atoms in total. The molecule has 0 unspecified atom stereocenters. The number of ether oxygens (including phenoxy) is 1. The van der Waals surface area contributed by atoms with Gasteiger partial charge in [0.2, 0.25) is 0 Å². The highest BCUT2D eigenvalue weighted by molar-refractivity contribution is 5.81. The molecule has 2 rings (SSSR count). The van der Waals surface area contributed by atoms with E-state index in [1.165, 1.54) is 11.8 Å². The molecule has 0 aliphatic carbocycles. The normalized spacial score (nSPS) is 12.6. The van der Waals surface area contributed by atoms with Crippen LogP contribution >= 0.6 is 0 Å². The minimum Gasteiger partial charge on any atom is -0.484 e. The molecular weight excluding hydrogens is 304 g/mol. The molecule has 0 aliphatic rings. The van der Waals surface area contributed by atoms with E-state index in [1.807, 2.05) is 30.3 Å². The molecule has 1 aromatic heterocycles. The SMILES string of the molecule is CC[C@H](C)c1ccc(OCC(=O)N/N=C\C=C\c2ccco2)cc1. The molecule has 1 heterocycles. The number of allylic oxidation sites excluding steroid dienone is 1. The zero-order valence-electron chi connectivity index (χ0n) is 13.9. The first-order chi connectivity index (χ1) is 11.7. The molecule has 0 radical (unpaired) electrons. The fraction of sp³-hybridized carbons (Fsp3) is 0.263. The number of hydrogen-bond donors (Lipinski definition) is 1. The molecule has 0 bridgehead atoms. The van der Waals surface area contributed by atoms with Gasteiger partial charge in [-0.05, 0) is 54.3 Å². The maximum atomic E-state index is 11.6. The summed E-state index contributed by atoms with van der Waals surface area (Å²) in [4.78, 5) is 11.6. The molecule has 126 valence electrons. The van der Waals surface area contributed by atoms with E-state index in [0.29, 0.717) is 11.7 Å². The number of hydrogen-bond acceptors (Lipinski definition) is 4. The van der Waals surface area contributed by atoms with Crippen molar-refractivity contribution in [1.29, 1.82) is 0 Å². The summed E-state index contributed by atoms with van der Waals surface area (Å²) in [5, 5.41) is 3.80. The van der Waals surface area contributed by atoms with Crippen LogP contribution in [0.1, 0.15) is 37.5 Å². The first kappa shape index (κ1) is 17.5. The van der Waals surface area contributed by atoms with Gasteiger partial charge in [-0.2, -0.15) is 5.10 Å². The highest BCUT2D eigenvalue weighted by Crippen LogP contribution is 2.21. The number of hydrazone groups is 1. The first-order valence-corrected chi connectivity index (χ1v) is 7.94. The molecule has 0 saturated heterocycles. The Morgan fingerprint density at radius 1 is 1.33 bits per heavy atom. The molecule has 0 spiro atoms. The van der Waals surface area contributed by atoms with Crippen LogP contribution < -0.4 is 10.2 Å². The third kappa shape index (κ3) is 5.76. The molecule has 0 fully saturated rings. The fourth-order valence-corrected chi connectivity index (χ4v) is 1.99. The van der Waals surface area contributed by atoms with Crippen LogP contribution in [-0.2, 0) is 4.79 Å². The molecule has 2 aromatic rings. The van der Waals surface area contributed by atoms with Crippen molar-refractivity contribution in [2.24, 2.45) is 5.10 Å². The Morgan fingerprint density at radius 3 is 2.79 bits per heavy atom. The van der Waals surface area contributed by atoms with E-state index < -0.39 is 0 Å². The monoisotopic (exact) mass is 326 g/mol. The van der Waals surface area contributed by atoms with Crippen molar-refractivity contribution < 1.29 is 13.9 Å². The number of rotatable bonds is 8. The highest BCUT2D eigenvalue weighted by atomic mass is 16.5. The topological polar surface area (TPSA) is 63.8 Å². The third-order valence-electron chi connectivity index (χ3n) is 3.58. The van der Waals surface area contributed by atoms with Crippen molar-refractivity contribution in [3.63, 3.8) is 0 Å². The second-order valence-electron chi connectivity index (χ2n) is 5.35. The van der Waals surface area contributed by atoms with Crippen LogP contribution in [0.5, 0.6) is 5.75 Å². The van der Waals surface area contributed by atoms with E-state index in [1.54, 1.807) is 24.5 Å². The smallest absolute Gasteiger partial charge is 0.277 e. The van der Waals surface area contributed by atoms with Gasteiger partial charge in [0.05, 0.1) is 6.26 Å². The summed E-state index contributed by atoms with van der Waals surface area (Å²) in [7, 11) is 0. The van der Waals surface area contributed by atoms with Crippen LogP contribution in [0.2, 0.25) is 0 Å². The van der Waals surface area contributed by atoms with Crippen molar-refractivity contribution in [2.75, 3.05) is 6.61 Å². The third-order valence-corrected chi connectivity index (χ3v) is 3.58. The molecule has 1 aromatic carbocycles. The summed E-state index contributed by atoms with van der Waals surface area (Å²) in [6.07, 6.45) is 7.57.